The zero-order valence-electron chi connectivity index (χ0n) is 7.34. The Labute approximate surface area is 80.2 Å². The van der Waals surface area contributed by atoms with E-state index in [1.54, 1.807) is 12.1 Å². The molecule has 1 rings (SSSR count). The topological polar surface area (TPSA) is 85.7 Å². The van der Waals surface area contributed by atoms with Gasteiger partial charge in [0.05, 0.1) is 5.56 Å². The summed E-state index contributed by atoms with van der Waals surface area (Å²) >= 11 is 0. The van der Waals surface area contributed by atoms with E-state index in [1.165, 1.54) is 6.07 Å². The van der Waals surface area contributed by atoms with E-state index >= 15 is 0 Å². The molecule has 72 valence electrons. The summed E-state index contributed by atoms with van der Waals surface area (Å²) in [5, 5.41) is 26.3. The van der Waals surface area contributed by atoms with Crippen molar-refractivity contribution in [2.45, 2.75) is 12.8 Å². The molecule has 5 heteroatoms. The highest BCUT2D eigenvalue weighted by Crippen LogP contribution is 2.30. The van der Waals surface area contributed by atoms with Crippen molar-refractivity contribution in [2.24, 2.45) is 0 Å². The first-order valence-electron chi connectivity index (χ1n) is 4.03. The number of phenols is 1. The van der Waals surface area contributed by atoms with E-state index in [4.69, 9.17) is 10.5 Å². The van der Waals surface area contributed by atoms with E-state index in [2.05, 4.69) is 4.98 Å². The van der Waals surface area contributed by atoms with Crippen LogP contribution in [-0.2, 0) is 11.2 Å². The molecular weight excluding hydrogens is 184 g/mol. The average Bonchev–Trinajstić information content (AvgIpc) is 2.14. The van der Waals surface area contributed by atoms with Gasteiger partial charge in [-0.15, -0.1) is 0 Å². The first-order chi connectivity index (χ1) is 6.65. The highest BCUT2D eigenvalue weighted by Gasteiger charge is 2.19. The molecule has 0 fully saturated rings. The van der Waals surface area contributed by atoms with Gasteiger partial charge in [-0.05, 0) is 12.5 Å². The van der Waals surface area contributed by atoms with Gasteiger partial charge in [-0.3, -0.25) is 4.79 Å². The molecule has 1 aromatic carbocycles. The van der Waals surface area contributed by atoms with Crippen molar-refractivity contribution in [1.29, 1.82) is 5.39 Å². The highest BCUT2D eigenvalue weighted by atomic mass is 16.4. The molecule has 2 N–H and O–H groups in total. The number of rotatable bonds is 3. The van der Waals surface area contributed by atoms with Gasteiger partial charge in [0.2, 0.25) is 11.1 Å². The summed E-state index contributed by atoms with van der Waals surface area (Å²) in [6.45, 7) is 0. The molecule has 0 heterocycles. The standard InChI is InChI=1S/C9H8N2O3/c10-11-9-6(4-5-8(13)14)2-1-3-7(9)12/h1-3H,4-5H2,(H-,12,13,14)/p+1. The van der Waals surface area contributed by atoms with E-state index in [0.29, 0.717) is 5.56 Å². The highest BCUT2D eigenvalue weighted by molar-refractivity contribution is 5.69. The molecule has 0 bridgehead atoms. The van der Waals surface area contributed by atoms with Crippen LogP contribution in [0.1, 0.15) is 12.0 Å². The molecule has 5 nitrogen and oxygen atoms in total. The van der Waals surface area contributed by atoms with Crippen LogP contribution in [0.2, 0.25) is 0 Å². The Kier molecular flexibility index (Phi) is 3.02. The van der Waals surface area contributed by atoms with Crippen LogP contribution >= 0.6 is 0 Å². The van der Waals surface area contributed by atoms with Crippen molar-refractivity contribution < 1.29 is 15.0 Å². The maximum Gasteiger partial charge on any atom is 0.429 e. The summed E-state index contributed by atoms with van der Waals surface area (Å²) in [6.07, 6.45) is 0.162. The van der Waals surface area contributed by atoms with Crippen LogP contribution in [0, 0.1) is 5.39 Å². The smallest absolute Gasteiger partial charge is 0.429 e. The van der Waals surface area contributed by atoms with Crippen LogP contribution in [0.15, 0.2) is 18.2 Å². The number of nitrogens with zero attached hydrogens (tertiary/aromatic N) is 2. The van der Waals surface area contributed by atoms with Gasteiger partial charge >= 0.3 is 11.7 Å². The molecule has 0 saturated heterocycles. The second-order valence-corrected chi connectivity index (χ2v) is 2.78. The molecule has 0 spiro atoms. The second kappa shape index (κ2) is 4.23. The molecule has 0 aliphatic rings. The van der Waals surface area contributed by atoms with E-state index in [-0.39, 0.29) is 24.3 Å². The number of carbonyl (C=O) groups is 1. The molecule has 0 aliphatic heterocycles. The van der Waals surface area contributed by atoms with Gasteiger partial charge in [0.15, 0.2) is 4.98 Å². The number of diazo groups is 1. The fourth-order valence-corrected chi connectivity index (χ4v) is 1.14. The number of carboxylic acids is 1. The summed E-state index contributed by atoms with van der Waals surface area (Å²) in [6, 6.07) is 4.55. The average molecular weight is 193 g/mol. The number of hydrogen-bond donors (Lipinski definition) is 2. The second-order valence-electron chi connectivity index (χ2n) is 2.78. The van der Waals surface area contributed by atoms with Crippen LogP contribution in [0.4, 0.5) is 5.69 Å². The number of phenolic OH excluding ortho intramolecular Hbond substituents is 1. The summed E-state index contributed by atoms with van der Waals surface area (Å²) in [5.41, 5.74) is 0.545. The van der Waals surface area contributed by atoms with Crippen LogP contribution in [0.3, 0.4) is 0 Å². The minimum absolute atomic E-state index is 0.0359. The summed E-state index contributed by atoms with van der Waals surface area (Å²) in [7, 11) is 0. The van der Waals surface area contributed by atoms with Gasteiger partial charge in [-0.2, -0.15) is 0 Å². The fraction of sp³-hybridized carbons (Fsp3) is 0.222. The first kappa shape index (κ1) is 9.99. The van der Waals surface area contributed by atoms with Crippen molar-refractivity contribution >= 4 is 11.7 Å². The van der Waals surface area contributed by atoms with Crippen molar-refractivity contribution in [1.82, 2.24) is 0 Å². The summed E-state index contributed by atoms with van der Waals surface area (Å²) in [4.78, 5) is 13.2. The van der Waals surface area contributed by atoms with Crippen molar-refractivity contribution in [3.8, 4) is 5.75 Å². The molecule has 0 aromatic heterocycles. The van der Waals surface area contributed by atoms with Gasteiger partial charge in [0, 0.05) is 6.42 Å². The van der Waals surface area contributed by atoms with Crippen molar-refractivity contribution in [3.05, 3.63) is 28.7 Å². The Hall–Kier alpha value is -2.09. The molecular formula is C9H9N2O3+. The third kappa shape index (κ3) is 2.20. The normalized spacial score (nSPS) is 9.36. The molecule has 1 aromatic rings. The molecule has 0 saturated carbocycles. The molecule has 0 aliphatic carbocycles. The van der Waals surface area contributed by atoms with Crippen molar-refractivity contribution in [3.63, 3.8) is 0 Å². The van der Waals surface area contributed by atoms with E-state index in [0.717, 1.165) is 0 Å². The molecule has 0 atom stereocenters. The maximum atomic E-state index is 10.3. The molecule has 0 amide bonds. The Bertz CT molecular complexity index is 396. The predicted molar refractivity (Wildman–Crippen MR) is 48.8 cm³/mol. The number of aromatic hydroxyl groups is 1. The van der Waals surface area contributed by atoms with Crippen LogP contribution in [0.5, 0.6) is 5.75 Å². The minimum Gasteiger partial charge on any atom is -0.501 e. The third-order valence-electron chi connectivity index (χ3n) is 1.81. The van der Waals surface area contributed by atoms with Gasteiger partial charge < -0.3 is 10.2 Å². The number of hydrogen-bond acceptors (Lipinski definition) is 3. The van der Waals surface area contributed by atoms with Gasteiger partial charge in [0.1, 0.15) is 0 Å². The number of aliphatic carboxylic acids is 1. The molecule has 0 unspecified atom stereocenters. The lowest BCUT2D eigenvalue weighted by molar-refractivity contribution is -0.136. The van der Waals surface area contributed by atoms with Gasteiger partial charge in [0.25, 0.3) is 0 Å². The monoisotopic (exact) mass is 193 g/mol. The maximum absolute atomic E-state index is 10.3. The number of aryl methyl sites for hydroxylation is 1. The van der Waals surface area contributed by atoms with Gasteiger partial charge in [-0.1, -0.05) is 12.1 Å². The Balaban J connectivity index is 2.92. The lowest BCUT2D eigenvalue weighted by atomic mass is 10.1. The largest absolute Gasteiger partial charge is 0.501 e. The van der Waals surface area contributed by atoms with E-state index in [9.17, 15) is 9.90 Å². The molecule has 14 heavy (non-hydrogen) atoms. The lowest BCUT2D eigenvalue weighted by Crippen LogP contribution is -1.97. The zero-order valence-corrected chi connectivity index (χ0v) is 7.34. The van der Waals surface area contributed by atoms with Crippen LogP contribution in [0.25, 0.3) is 4.98 Å². The van der Waals surface area contributed by atoms with E-state index in [1.807, 2.05) is 0 Å². The van der Waals surface area contributed by atoms with Crippen LogP contribution in [-0.4, -0.2) is 16.2 Å². The summed E-state index contributed by atoms with van der Waals surface area (Å²) in [5.74, 6) is -1.09. The van der Waals surface area contributed by atoms with Crippen LogP contribution < -0.4 is 0 Å². The number of carboxylic acid groups (broad SMARTS) is 1. The Morgan fingerprint density at radius 1 is 1.50 bits per heavy atom. The first-order valence-corrected chi connectivity index (χ1v) is 4.03. The zero-order chi connectivity index (χ0) is 10.6. The van der Waals surface area contributed by atoms with E-state index < -0.39 is 5.97 Å². The Morgan fingerprint density at radius 2 is 2.21 bits per heavy atom. The Morgan fingerprint density at radius 3 is 2.79 bits per heavy atom. The predicted octanol–water partition coefficient (Wildman–Crippen LogP) is 1.89. The quantitative estimate of drug-likeness (QED) is 0.717. The van der Waals surface area contributed by atoms with Crippen molar-refractivity contribution in [2.75, 3.05) is 0 Å². The molecule has 0 radical (unpaired) electrons. The SMILES string of the molecule is N#[N+]c1c(O)cccc1CCC(=O)O. The lowest BCUT2D eigenvalue weighted by Gasteiger charge is -1.95. The summed E-state index contributed by atoms with van der Waals surface area (Å²) < 4.78 is 0. The van der Waals surface area contributed by atoms with Gasteiger partial charge in [-0.25, -0.2) is 0 Å². The fourth-order valence-electron chi connectivity index (χ4n) is 1.14. The number of benzene rings is 1. The minimum atomic E-state index is -0.933. The third-order valence-corrected chi connectivity index (χ3v) is 1.81.